The van der Waals surface area contributed by atoms with Crippen molar-refractivity contribution in [2.24, 2.45) is 0 Å². The molecule has 0 rings (SSSR count). The van der Waals surface area contributed by atoms with Gasteiger partial charge in [0.2, 0.25) is 0 Å². The highest BCUT2D eigenvalue weighted by Gasteiger charge is 1.98. The lowest BCUT2D eigenvalue weighted by molar-refractivity contribution is 0.0832. The SMILES string of the molecule is COC(=O)OCC#CCOS(C)(=O)=O. The Balaban J connectivity index is 3.60. The fraction of sp³-hybridized carbons (Fsp3) is 0.571. The van der Waals surface area contributed by atoms with Gasteiger partial charge in [-0.3, -0.25) is 4.18 Å². The van der Waals surface area contributed by atoms with Gasteiger partial charge in [-0.2, -0.15) is 8.42 Å². The van der Waals surface area contributed by atoms with Crippen LogP contribution < -0.4 is 0 Å². The number of methoxy groups -OCH3 is 1. The third kappa shape index (κ3) is 8.83. The molecule has 0 bridgehead atoms. The minimum absolute atomic E-state index is 0.167. The molecule has 0 saturated heterocycles. The minimum atomic E-state index is -3.47. The minimum Gasteiger partial charge on any atom is -0.438 e. The van der Waals surface area contributed by atoms with Gasteiger partial charge in [0, 0.05) is 0 Å². The molecule has 0 unspecified atom stereocenters. The fourth-order valence-corrected chi connectivity index (χ4v) is 0.666. The van der Waals surface area contributed by atoms with Gasteiger partial charge in [-0.05, 0) is 0 Å². The van der Waals surface area contributed by atoms with Crippen LogP contribution in [0.1, 0.15) is 0 Å². The van der Waals surface area contributed by atoms with E-state index in [9.17, 15) is 13.2 Å². The van der Waals surface area contributed by atoms with Crippen LogP contribution in [-0.4, -0.2) is 41.2 Å². The van der Waals surface area contributed by atoms with Crippen molar-refractivity contribution >= 4 is 16.3 Å². The molecule has 0 aliphatic rings. The van der Waals surface area contributed by atoms with Crippen molar-refractivity contribution < 1.29 is 26.9 Å². The molecular weight excluding hydrogens is 212 g/mol. The summed E-state index contributed by atoms with van der Waals surface area (Å²) in [5.74, 6) is 4.70. The van der Waals surface area contributed by atoms with Crippen molar-refractivity contribution in [1.29, 1.82) is 0 Å². The second kappa shape index (κ2) is 6.23. The maximum atomic E-state index is 10.4. The van der Waals surface area contributed by atoms with Crippen LogP contribution in [0.15, 0.2) is 0 Å². The summed E-state index contributed by atoms with van der Waals surface area (Å²) < 4.78 is 33.7. The van der Waals surface area contributed by atoms with E-state index in [-0.39, 0.29) is 13.2 Å². The number of carbonyl (C=O) groups excluding carboxylic acids is 1. The molecular formula is C7H10O6S. The molecule has 0 aromatic heterocycles. The van der Waals surface area contributed by atoms with Gasteiger partial charge in [-0.25, -0.2) is 4.79 Å². The number of hydrogen-bond acceptors (Lipinski definition) is 6. The molecule has 0 fully saturated rings. The standard InChI is InChI=1S/C7H10O6S/c1-11-7(8)12-5-3-4-6-13-14(2,9)10/h5-6H2,1-2H3. The Labute approximate surface area is 82.3 Å². The molecule has 0 atom stereocenters. The van der Waals surface area contributed by atoms with Crippen molar-refractivity contribution in [3.05, 3.63) is 0 Å². The first kappa shape index (κ1) is 12.7. The first-order chi connectivity index (χ1) is 6.45. The van der Waals surface area contributed by atoms with Crippen LogP contribution in [0.2, 0.25) is 0 Å². The molecule has 0 amide bonds. The Hall–Kier alpha value is -1.26. The molecule has 0 spiro atoms. The predicted octanol–water partition coefficient (Wildman–Crippen LogP) is -0.251. The summed E-state index contributed by atoms with van der Waals surface area (Å²) in [5, 5.41) is 0. The van der Waals surface area contributed by atoms with E-state index < -0.39 is 16.3 Å². The van der Waals surface area contributed by atoms with E-state index in [2.05, 4.69) is 25.5 Å². The molecule has 80 valence electrons. The smallest absolute Gasteiger partial charge is 0.438 e. The van der Waals surface area contributed by atoms with Crippen molar-refractivity contribution in [3.63, 3.8) is 0 Å². The monoisotopic (exact) mass is 222 g/mol. The van der Waals surface area contributed by atoms with Crippen LogP contribution in [0.25, 0.3) is 0 Å². The second-order valence-electron chi connectivity index (χ2n) is 2.06. The number of hydrogen-bond donors (Lipinski definition) is 0. The largest absolute Gasteiger partial charge is 0.508 e. The highest BCUT2D eigenvalue weighted by Crippen LogP contribution is 1.84. The van der Waals surface area contributed by atoms with Crippen LogP contribution in [0.4, 0.5) is 4.79 Å². The lowest BCUT2D eigenvalue weighted by atomic mass is 10.6. The summed E-state index contributed by atoms with van der Waals surface area (Å²) >= 11 is 0. The summed E-state index contributed by atoms with van der Waals surface area (Å²) in [5.41, 5.74) is 0. The molecule has 7 heteroatoms. The average molecular weight is 222 g/mol. The topological polar surface area (TPSA) is 78.9 Å². The lowest BCUT2D eigenvalue weighted by Crippen LogP contribution is -2.05. The Morgan fingerprint density at radius 2 is 1.86 bits per heavy atom. The number of rotatable bonds is 3. The molecule has 0 aliphatic carbocycles. The summed E-state index contributed by atoms with van der Waals surface area (Å²) in [6.45, 7) is -0.427. The van der Waals surface area contributed by atoms with Gasteiger partial charge in [0.05, 0.1) is 13.4 Å². The van der Waals surface area contributed by atoms with Crippen LogP contribution >= 0.6 is 0 Å². The van der Waals surface area contributed by atoms with Crippen LogP contribution in [0.3, 0.4) is 0 Å². The van der Waals surface area contributed by atoms with Crippen LogP contribution in [-0.2, 0) is 23.8 Å². The maximum absolute atomic E-state index is 10.4. The molecule has 6 nitrogen and oxygen atoms in total. The zero-order chi connectivity index (χ0) is 11.0. The zero-order valence-electron chi connectivity index (χ0n) is 7.77. The van der Waals surface area contributed by atoms with Crippen molar-refractivity contribution in [2.75, 3.05) is 26.6 Å². The third-order valence-corrected chi connectivity index (χ3v) is 1.45. The third-order valence-electron chi connectivity index (χ3n) is 0.899. The zero-order valence-corrected chi connectivity index (χ0v) is 8.59. The van der Waals surface area contributed by atoms with E-state index in [1.54, 1.807) is 0 Å². The van der Waals surface area contributed by atoms with E-state index in [0.717, 1.165) is 6.26 Å². The van der Waals surface area contributed by atoms with Gasteiger partial charge in [-0.15, -0.1) is 0 Å². The van der Waals surface area contributed by atoms with Crippen LogP contribution in [0.5, 0.6) is 0 Å². The van der Waals surface area contributed by atoms with Gasteiger partial charge in [-0.1, -0.05) is 11.8 Å². The van der Waals surface area contributed by atoms with Crippen molar-refractivity contribution in [3.8, 4) is 11.8 Å². The average Bonchev–Trinajstić information content (AvgIpc) is 2.08. The Bertz CT molecular complexity index is 333. The van der Waals surface area contributed by atoms with E-state index in [1.165, 1.54) is 7.11 Å². The summed E-state index contributed by atoms with van der Waals surface area (Å²) in [7, 11) is -2.30. The van der Waals surface area contributed by atoms with Crippen molar-refractivity contribution in [2.45, 2.75) is 0 Å². The summed E-state index contributed by atoms with van der Waals surface area (Å²) in [6, 6.07) is 0. The summed E-state index contributed by atoms with van der Waals surface area (Å²) in [6.07, 6.45) is 0.0722. The Kier molecular flexibility index (Phi) is 5.67. The molecule has 0 radical (unpaired) electrons. The highest BCUT2D eigenvalue weighted by molar-refractivity contribution is 7.85. The molecule has 0 aromatic rings. The molecule has 0 aliphatic heterocycles. The second-order valence-corrected chi connectivity index (χ2v) is 3.71. The van der Waals surface area contributed by atoms with E-state index in [4.69, 9.17) is 0 Å². The van der Waals surface area contributed by atoms with E-state index in [1.807, 2.05) is 0 Å². The first-order valence-corrected chi connectivity index (χ1v) is 5.28. The van der Waals surface area contributed by atoms with Crippen LogP contribution in [0, 0.1) is 11.8 Å². The Morgan fingerprint density at radius 3 is 2.36 bits per heavy atom. The normalized spacial score (nSPS) is 9.86. The van der Waals surface area contributed by atoms with Gasteiger partial charge in [0.15, 0.2) is 6.61 Å². The van der Waals surface area contributed by atoms with Gasteiger partial charge in [0.1, 0.15) is 6.61 Å². The quantitative estimate of drug-likeness (QED) is 0.372. The van der Waals surface area contributed by atoms with E-state index >= 15 is 0 Å². The van der Waals surface area contributed by atoms with E-state index in [0.29, 0.717) is 0 Å². The lowest BCUT2D eigenvalue weighted by Gasteiger charge is -1.95. The van der Waals surface area contributed by atoms with Gasteiger partial charge < -0.3 is 9.47 Å². The molecule has 0 heterocycles. The summed E-state index contributed by atoms with van der Waals surface area (Å²) in [4.78, 5) is 10.4. The number of carbonyl (C=O) groups is 1. The molecule has 0 N–H and O–H groups in total. The maximum Gasteiger partial charge on any atom is 0.508 e. The predicted molar refractivity (Wildman–Crippen MR) is 46.9 cm³/mol. The molecule has 14 heavy (non-hydrogen) atoms. The van der Waals surface area contributed by atoms with Crippen molar-refractivity contribution in [1.82, 2.24) is 0 Å². The first-order valence-electron chi connectivity index (χ1n) is 3.46. The number of ether oxygens (including phenoxy) is 2. The highest BCUT2D eigenvalue weighted by atomic mass is 32.2. The Morgan fingerprint density at radius 1 is 1.29 bits per heavy atom. The molecule has 0 saturated carbocycles. The van der Waals surface area contributed by atoms with Gasteiger partial charge in [0.25, 0.3) is 10.1 Å². The molecule has 0 aromatic carbocycles. The fourth-order valence-electron chi connectivity index (χ4n) is 0.392. The van der Waals surface area contributed by atoms with Gasteiger partial charge >= 0.3 is 6.16 Å².